The van der Waals surface area contributed by atoms with E-state index in [4.69, 9.17) is 0 Å². The van der Waals surface area contributed by atoms with E-state index in [1.807, 2.05) is 36.4 Å². The van der Waals surface area contributed by atoms with Gasteiger partial charge in [-0.3, -0.25) is 4.79 Å². The number of hydrogen-bond donors (Lipinski definition) is 0. The highest BCUT2D eigenvalue weighted by Crippen LogP contribution is 2.39. The molecule has 2 aromatic carbocycles. The van der Waals surface area contributed by atoms with E-state index < -0.39 is 11.6 Å². The molecule has 1 aromatic heterocycles. The molecule has 0 saturated carbocycles. The average Bonchev–Trinajstić information content (AvgIpc) is 2.94. The summed E-state index contributed by atoms with van der Waals surface area (Å²) in [6.45, 7) is 0.152. The number of hydrogen-bond acceptors (Lipinski definition) is 3. The maximum atomic E-state index is 13.4. The van der Waals surface area contributed by atoms with Crippen LogP contribution in [0.4, 0.5) is 8.78 Å². The first-order valence-electron chi connectivity index (χ1n) is 7.82. The molecule has 1 saturated heterocycles. The van der Waals surface area contributed by atoms with Gasteiger partial charge in [0.1, 0.15) is 17.0 Å². The summed E-state index contributed by atoms with van der Waals surface area (Å²) in [5.41, 5.74) is 2.06. The molecule has 1 fully saturated rings. The van der Waals surface area contributed by atoms with Crippen molar-refractivity contribution in [3.05, 3.63) is 77.5 Å². The van der Waals surface area contributed by atoms with Gasteiger partial charge in [-0.05, 0) is 29.8 Å². The highest BCUT2D eigenvalue weighted by molar-refractivity contribution is 8.00. The third-order valence-corrected chi connectivity index (χ3v) is 5.34. The molecule has 2 heterocycles. The maximum absolute atomic E-state index is 13.4. The second-order valence-electron chi connectivity index (χ2n) is 5.89. The summed E-state index contributed by atoms with van der Waals surface area (Å²) in [6, 6.07) is 15.0. The number of halogens is 2. The third-order valence-electron chi connectivity index (χ3n) is 4.12. The number of para-hydroxylation sites is 1. The lowest BCUT2D eigenvalue weighted by atomic mass is 10.1. The second-order valence-corrected chi connectivity index (χ2v) is 6.96. The first-order valence-corrected chi connectivity index (χ1v) is 8.87. The maximum Gasteiger partial charge on any atom is 0.234 e. The molecule has 4 rings (SSSR count). The fourth-order valence-electron chi connectivity index (χ4n) is 2.99. The minimum absolute atomic E-state index is 0.0605. The minimum Gasteiger partial charge on any atom is -0.320 e. The lowest BCUT2D eigenvalue weighted by Gasteiger charge is -2.24. The summed E-state index contributed by atoms with van der Waals surface area (Å²) in [4.78, 5) is 18.6. The first-order chi connectivity index (χ1) is 12.1. The molecule has 1 unspecified atom stereocenters. The number of nitrogens with zero attached hydrogens (tertiary/aromatic N) is 2. The second kappa shape index (κ2) is 6.44. The molecule has 126 valence electrons. The van der Waals surface area contributed by atoms with Crippen molar-refractivity contribution >= 4 is 28.6 Å². The van der Waals surface area contributed by atoms with E-state index in [0.29, 0.717) is 11.3 Å². The van der Waals surface area contributed by atoms with E-state index >= 15 is 0 Å². The SMILES string of the molecule is O=C1CSC(c2ccc3ccccc3n2)N1Cc1cc(F)cc(F)c1. The largest absolute Gasteiger partial charge is 0.320 e. The van der Waals surface area contributed by atoms with E-state index in [1.54, 1.807) is 4.90 Å². The topological polar surface area (TPSA) is 33.2 Å². The molecule has 1 aliphatic heterocycles. The van der Waals surface area contributed by atoms with Crippen LogP contribution >= 0.6 is 11.8 Å². The quantitative estimate of drug-likeness (QED) is 0.702. The Labute approximate surface area is 147 Å². The number of benzene rings is 2. The minimum atomic E-state index is -0.644. The van der Waals surface area contributed by atoms with Crippen molar-refractivity contribution in [1.29, 1.82) is 0 Å². The number of amides is 1. The molecule has 25 heavy (non-hydrogen) atoms. The predicted molar refractivity (Wildman–Crippen MR) is 93.9 cm³/mol. The van der Waals surface area contributed by atoms with Crippen molar-refractivity contribution in [2.75, 3.05) is 5.75 Å². The lowest BCUT2D eigenvalue weighted by molar-refractivity contribution is -0.128. The molecular formula is C19H14F2N2OS. The predicted octanol–water partition coefficient (Wildman–Crippen LogP) is 4.29. The van der Waals surface area contributed by atoms with Crippen molar-refractivity contribution in [3.8, 4) is 0 Å². The zero-order chi connectivity index (χ0) is 17.4. The van der Waals surface area contributed by atoms with E-state index in [-0.39, 0.29) is 17.8 Å². The van der Waals surface area contributed by atoms with Gasteiger partial charge in [-0.1, -0.05) is 24.3 Å². The fraction of sp³-hybridized carbons (Fsp3) is 0.158. The van der Waals surface area contributed by atoms with Crippen LogP contribution < -0.4 is 0 Å². The van der Waals surface area contributed by atoms with Gasteiger partial charge in [-0.2, -0.15) is 0 Å². The molecule has 0 spiro atoms. The molecule has 1 aliphatic rings. The fourth-order valence-corrected chi connectivity index (χ4v) is 4.13. The van der Waals surface area contributed by atoms with Gasteiger partial charge >= 0.3 is 0 Å². The number of thioether (sulfide) groups is 1. The summed E-state index contributed by atoms with van der Waals surface area (Å²) in [5, 5.41) is 0.766. The highest BCUT2D eigenvalue weighted by Gasteiger charge is 2.33. The van der Waals surface area contributed by atoms with Crippen molar-refractivity contribution in [1.82, 2.24) is 9.88 Å². The number of carbonyl (C=O) groups excluding carboxylic acids is 1. The van der Waals surface area contributed by atoms with Crippen LogP contribution in [-0.4, -0.2) is 21.5 Å². The Bertz CT molecular complexity index is 943. The van der Waals surface area contributed by atoms with Crippen LogP contribution in [-0.2, 0) is 11.3 Å². The van der Waals surface area contributed by atoms with Gasteiger partial charge in [-0.15, -0.1) is 11.8 Å². The van der Waals surface area contributed by atoms with Crippen LogP contribution in [0.2, 0.25) is 0 Å². The van der Waals surface area contributed by atoms with Crippen LogP contribution in [0.1, 0.15) is 16.6 Å². The molecule has 0 radical (unpaired) electrons. The first kappa shape index (κ1) is 16.0. The Morgan fingerprint density at radius 2 is 1.84 bits per heavy atom. The lowest BCUT2D eigenvalue weighted by Crippen LogP contribution is -2.28. The Morgan fingerprint density at radius 1 is 1.08 bits per heavy atom. The van der Waals surface area contributed by atoms with Crippen molar-refractivity contribution in [3.63, 3.8) is 0 Å². The van der Waals surface area contributed by atoms with Crippen LogP contribution in [0, 0.1) is 11.6 Å². The standard InChI is InChI=1S/C19H14F2N2OS/c20-14-7-12(8-15(21)9-14)10-23-18(24)11-25-19(23)17-6-5-13-3-1-2-4-16(13)22-17/h1-9,19H,10-11H2. The molecular weight excluding hydrogens is 342 g/mol. The molecule has 1 amide bonds. The number of pyridine rings is 1. The van der Waals surface area contributed by atoms with Crippen molar-refractivity contribution in [2.24, 2.45) is 0 Å². The molecule has 3 nitrogen and oxygen atoms in total. The van der Waals surface area contributed by atoms with Crippen molar-refractivity contribution in [2.45, 2.75) is 11.9 Å². The molecule has 1 atom stereocenters. The van der Waals surface area contributed by atoms with Crippen LogP contribution in [0.5, 0.6) is 0 Å². The van der Waals surface area contributed by atoms with E-state index in [1.165, 1.54) is 23.9 Å². The number of aromatic nitrogens is 1. The van der Waals surface area contributed by atoms with E-state index in [2.05, 4.69) is 4.98 Å². The summed E-state index contributed by atoms with van der Waals surface area (Å²) in [6.07, 6.45) is 0. The summed E-state index contributed by atoms with van der Waals surface area (Å²) in [5.74, 6) is -1.02. The zero-order valence-corrected chi connectivity index (χ0v) is 14.0. The zero-order valence-electron chi connectivity index (χ0n) is 13.2. The molecule has 0 bridgehead atoms. The molecule has 3 aromatic rings. The summed E-state index contributed by atoms with van der Waals surface area (Å²) < 4.78 is 26.9. The Morgan fingerprint density at radius 3 is 2.64 bits per heavy atom. The monoisotopic (exact) mass is 356 g/mol. The molecule has 6 heteroatoms. The molecule has 0 aliphatic carbocycles. The Kier molecular flexibility index (Phi) is 4.13. The smallest absolute Gasteiger partial charge is 0.234 e. The van der Waals surface area contributed by atoms with Gasteiger partial charge in [0, 0.05) is 18.0 Å². The van der Waals surface area contributed by atoms with Crippen LogP contribution in [0.3, 0.4) is 0 Å². The van der Waals surface area contributed by atoms with Gasteiger partial charge in [-0.25, -0.2) is 13.8 Å². The van der Waals surface area contributed by atoms with Crippen LogP contribution in [0.15, 0.2) is 54.6 Å². The average molecular weight is 356 g/mol. The van der Waals surface area contributed by atoms with Gasteiger partial charge < -0.3 is 4.90 Å². The third kappa shape index (κ3) is 3.22. The normalized spacial score (nSPS) is 17.4. The summed E-state index contributed by atoms with van der Waals surface area (Å²) in [7, 11) is 0. The Hall–Kier alpha value is -2.47. The van der Waals surface area contributed by atoms with Gasteiger partial charge in [0.25, 0.3) is 0 Å². The van der Waals surface area contributed by atoms with Gasteiger partial charge in [0.2, 0.25) is 5.91 Å². The molecule has 0 N–H and O–H groups in total. The van der Waals surface area contributed by atoms with E-state index in [0.717, 1.165) is 22.7 Å². The van der Waals surface area contributed by atoms with Gasteiger partial charge in [0.05, 0.1) is 17.0 Å². The van der Waals surface area contributed by atoms with Crippen molar-refractivity contribution < 1.29 is 13.6 Å². The summed E-state index contributed by atoms with van der Waals surface area (Å²) >= 11 is 1.47. The van der Waals surface area contributed by atoms with Crippen LogP contribution in [0.25, 0.3) is 10.9 Å². The number of fused-ring (bicyclic) bond motifs is 1. The highest BCUT2D eigenvalue weighted by atomic mass is 32.2. The number of carbonyl (C=O) groups is 1. The Balaban J connectivity index is 1.66. The van der Waals surface area contributed by atoms with E-state index in [9.17, 15) is 13.6 Å². The van der Waals surface area contributed by atoms with Gasteiger partial charge in [0.15, 0.2) is 0 Å². The number of rotatable bonds is 3.